The molecule has 2 amide bonds. The number of fused-ring (bicyclic) bond motifs is 1. The van der Waals surface area contributed by atoms with E-state index in [4.69, 9.17) is 5.73 Å². The number of hydrogen-bond acceptors (Lipinski definition) is 4. The molecule has 0 aliphatic rings. The third-order valence-electron chi connectivity index (χ3n) is 4.22. The summed E-state index contributed by atoms with van der Waals surface area (Å²) >= 11 is 0. The molecule has 7 heteroatoms. The van der Waals surface area contributed by atoms with Crippen LogP contribution in [-0.4, -0.2) is 33.4 Å². The lowest BCUT2D eigenvalue weighted by molar-refractivity contribution is -0.129. The number of rotatable bonds is 6. The Kier molecular flexibility index (Phi) is 5.23. The molecule has 0 aliphatic carbocycles. The molecule has 1 aromatic heterocycles. The van der Waals surface area contributed by atoms with E-state index in [2.05, 4.69) is 20.6 Å². The average molecular weight is 365 g/mol. The molecule has 1 atom stereocenters. The van der Waals surface area contributed by atoms with Gasteiger partial charge in [-0.25, -0.2) is 4.98 Å². The van der Waals surface area contributed by atoms with Gasteiger partial charge in [0.05, 0.1) is 18.1 Å². The van der Waals surface area contributed by atoms with Crippen LogP contribution >= 0.6 is 0 Å². The van der Waals surface area contributed by atoms with Gasteiger partial charge >= 0.3 is 0 Å². The molecule has 1 heterocycles. The summed E-state index contributed by atoms with van der Waals surface area (Å²) in [5.74, 6) is -0.275. The quantitative estimate of drug-likeness (QED) is 0.535. The fraction of sp³-hybridized carbons (Fsp3) is 0.250. The van der Waals surface area contributed by atoms with E-state index in [1.165, 1.54) is 12.5 Å². The fourth-order valence-electron chi connectivity index (χ4n) is 2.70. The Bertz CT molecular complexity index is 944. The van der Waals surface area contributed by atoms with Crippen molar-refractivity contribution in [2.24, 2.45) is 5.73 Å². The van der Waals surface area contributed by atoms with E-state index in [0.29, 0.717) is 12.2 Å². The number of nitrogens with two attached hydrogens (primary N) is 1. The molecule has 0 spiro atoms. The molecule has 5 N–H and O–H groups in total. The van der Waals surface area contributed by atoms with Crippen LogP contribution in [0, 0.1) is 0 Å². The standard InChI is InChI=1S/C20H23N5O2/c1-20(2,21)19(27)24-16(18(26)25-17-11-22-12-23-17)10-13-7-8-14-5-3-4-6-15(14)9-13/h3-9,11-12,16H,10,21H2,1-2H3,(H,22,23)(H,24,27)(H,25,26)/t16-/m1/s1. The summed E-state index contributed by atoms with van der Waals surface area (Å²) in [6.45, 7) is 3.20. The van der Waals surface area contributed by atoms with E-state index in [1.54, 1.807) is 13.8 Å². The molecule has 0 unspecified atom stereocenters. The van der Waals surface area contributed by atoms with Gasteiger partial charge in [0.2, 0.25) is 11.8 Å². The van der Waals surface area contributed by atoms with Crippen LogP contribution in [0.25, 0.3) is 10.8 Å². The van der Waals surface area contributed by atoms with Crippen LogP contribution in [0.4, 0.5) is 5.82 Å². The highest BCUT2D eigenvalue weighted by molar-refractivity contribution is 5.98. The minimum Gasteiger partial charge on any atom is -0.342 e. The van der Waals surface area contributed by atoms with Crippen LogP contribution < -0.4 is 16.4 Å². The molecule has 7 nitrogen and oxygen atoms in total. The number of H-pyrrole nitrogens is 1. The van der Waals surface area contributed by atoms with Crippen molar-refractivity contribution < 1.29 is 9.59 Å². The number of nitrogens with zero attached hydrogens (tertiary/aromatic N) is 1. The van der Waals surface area contributed by atoms with Crippen LogP contribution in [-0.2, 0) is 16.0 Å². The minimum absolute atomic E-state index is 0.340. The second-order valence-electron chi connectivity index (χ2n) is 7.09. The van der Waals surface area contributed by atoms with Gasteiger partial charge in [-0.1, -0.05) is 42.5 Å². The van der Waals surface area contributed by atoms with Gasteiger partial charge in [-0.15, -0.1) is 0 Å². The second-order valence-corrected chi connectivity index (χ2v) is 7.09. The molecule has 0 saturated carbocycles. The zero-order valence-corrected chi connectivity index (χ0v) is 15.3. The fourth-order valence-corrected chi connectivity index (χ4v) is 2.70. The lowest BCUT2D eigenvalue weighted by Crippen LogP contribution is -2.55. The Morgan fingerprint density at radius 3 is 2.59 bits per heavy atom. The number of anilines is 1. The van der Waals surface area contributed by atoms with Gasteiger partial charge < -0.3 is 21.4 Å². The van der Waals surface area contributed by atoms with Crippen molar-refractivity contribution in [3.63, 3.8) is 0 Å². The molecular formula is C20H23N5O2. The number of carbonyl (C=O) groups is 2. The van der Waals surface area contributed by atoms with E-state index in [-0.39, 0.29) is 5.91 Å². The number of aromatic nitrogens is 2. The summed E-state index contributed by atoms with van der Waals surface area (Å²) in [6.07, 6.45) is 3.31. The van der Waals surface area contributed by atoms with E-state index in [9.17, 15) is 9.59 Å². The summed E-state index contributed by atoms with van der Waals surface area (Å²) in [5.41, 5.74) is 5.72. The highest BCUT2D eigenvalue weighted by Gasteiger charge is 2.28. The van der Waals surface area contributed by atoms with Gasteiger partial charge in [-0.05, 0) is 30.2 Å². The highest BCUT2D eigenvalue weighted by Crippen LogP contribution is 2.17. The van der Waals surface area contributed by atoms with Gasteiger partial charge in [0.1, 0.15) is 11.9 Å². The Hall–Kier alpha value is -3.19. The third-order valence-corrected chi connectivity index (χ3v) is 4.22. The molecular weight excluding hydrogens is 342 g/mol. The van der Waals surface area contributed by atoms with Crippen LogP contribution in [0.5, 0.6) is 0 Å². The number of imidazole rings is 1. The van der Waals surface area contributed by atoms with Gasteiger partial charge in [0, 0.05) is 6.42 Å². The number of amides is 2. The largest absolute Gasteiger partial charge is 0.342 e. The Morgan fingerprint density at radius 2 is 1.93 bits per heavy atom. The van der Waals surface area contributed by atoms with Gasteiger partial charge in [0.15, 0.2) is 0 Å². The second kappa shape index (κ2) is 7.59. The maximum absolute atomic E-state index is 12.7. The van der Waals surface area contributed by atoms with Crippen molar-refractivity contribution in [2.75, 3.05) is 5.32 Å². The SMILES string of the molecule is CC(C)(N)C(=O)N[C@H](Cc1ccc2ccccc2c1)C(=O)Nc1cnc[nH]1. The first-order valence-electron chi connectivity index (χ1n) is 8.70. The smallest absolute Gasteiger partial charge is 0.248 e. The monoisotopic (exact) mass is 365 g/mol. The molecule has 0 aliphatic heterocycles. The average Bonchev–Trinajstić information content (AvgIpc) is 3.13. The number of hydrogen-bond donors (Lipinski definition) is 4. The zero-order chi connectivity index (χ0) is 19.4. The van der Waals surface area contributed by atoms with Crippen LogP contribution in [0.15, 0.2) is 55.0 Å². The first kappa shape index (κ1) is 18.6. The number of carbonyl (C=O) groups excluding carboxylic acids is 2. The summed E-state index contributed by atoms with van der Waals surface area (Å²) in [5, 5.41) is 7.67. The molecule has 2 aromatic carbocycles. The Morgan fingerprint density at radius 1 is 1.19 bits per heavy atom. The van der Waals surface area contributed by atoms with Crippen molar-refractivity contribution in [2.45, 2.75) is 31.8 Å². The summed E-state index contributed by atoms with van der Waals surface area (Å²) in [6, 6.07) is 13.2. The van der Waals surface area contributed by atoms with Gasteiger partial charge in [0.25, 0.3) is 0 Å². The molecule has 140 valence electrons. The number of aromatic amines is 1. The third kappa shape index (κ3) is 4.71. The summed E-state index contributed by atoms with van der Waals surface area (Å²) in [4.78, 5) is 31.8. The van der Waals surface area contributed by atoms with Gasteiger partial charge in [-0.2, -0.15) is 0 Å². The number of nitrogens with one attached hydrogen (secondary N) is 3. The van der Waals surface area contributed by atoms with E-state index < -0.39 is 17.5 Å². The zero-order valence-electron chi connectivity index (χ0n) is 15.3. The van der Waals surface area contributed by atoms with Crippen LogP contribution in [0.2, 0.25) is 0 Å². The maximum atomic E-state index is 12.7. The lowest BCUT2D eigenvalue weighted by atomic mass is 9.99. The summed E-state index contributed by atoms with van der Waals surface area (Å²) < 4.78 is 0. The predicted molar refractivity (Wildman–Crippen MR) is 105 cm³/mol. The van der Waals surface area contributed by atoms with E-state index >= 15 is 0 Å². The Labute approximate surface area is 157 Å². The molecule has 0 radical (unpaired) electrons. The number of benzene rings is 2. The maximum Gasteiger partial charge on any atom is 0.248 e. The minimum atomic E-state index is -1.09. The van der Waals surface area contributed by atoms with Crippen molar-refractivity contribution in [3.05, 3.63) is 60.6 Å². The van der Waals surface area contributed by atoms with Crippen molar-refractivity contribution in [1.29, 1.82) is 0 Å². The van der Waals surface area contributed by atoms with Gasteiger partial charge in [-0.3, -0.25) is 9.59 Å². The van der Waals surface area contributed by atoms with Crippen molar-refractivity contribution >= 4 is 28.4 Å². The molecule has 3 rings (SSSR count). The normalized spacial score (nSPS) is 12.6. The lowest BCUT2D eigenvalue weighted by Gasteiger charge is -2.24. The Balaban J connectivity index is 1.83. The van der Waals surface area contributed by atoms with Crippen LogP contribution in [0.1, 0.15) is 19.4 Å². The topological polar surface area (TPSA) is 113 Å². The first-order chi connectivity index (χ1) is 12.8. The van der Waals surface area contributed by atoms with E-state index in [0.717, 1.165) is 16.3 Å². The molecule has 0 bridgehead atoms. The molecule has 0 saturated heterocycles. The van der Waals surface area contributed by atoms with Crippen molar-refractivity contribution in [1.82, 2.24) is 15.3 Å². The van der Waals surface area contributed by atoms with Crippen LogP contribution in [0.3, 0.4) is 0 Å². The predicted octanol–water partition coefficient (Wildman–Crippen LogP) is 1.97. The molecule has 27 heavy (non-hydrogen) atoms. The highest BCUT2D eigenvalue weighted by atomic mass is 16.2. The molecule has 3 aromatic rings. The van der Waals surface area contributed by atoms with E-state index in [1.807, 2.05) is 42.5 Å². The summed E-state index contributed by atoms with van der Waals surface area (Å²) in [7, 11) is 0. The van der Waals surface area contributed by atoms with Crippen molar-refractivity contribution in [3.8, 4) is 0 Å². The first-order valence-corrected chi connectivity index (χ1v) is 8.70. The molecule has 0 fully saturated rings.